The third kappa shape index (κ3) is 6.63. The van der Waals surface area contributed by atoms with E-state index in [9.17, 15) is 21.6 Å². The second kappa shape index (κ2) is 9.58. The molecule has 2 N–H and O–H groups in total. The van der Waals surface area contributed by atoms with Gasteiger partial charge < -0.3 is 15.5 Å². The molecular formula is C14H28F3N5O2S. The van der Waals surface area contributed by atoms with Crippen molar-refractivity contribution in [2.24, 2.45) is 10.9 Å². The number of nitrogens with one attached hydrogen (secondary N) is 2. The van der Waals surface area contributed by atoms with Crippen LogP contribution in [0.2, 0.25) is 0 Å². The van der Waals surface area contributed by atoms with Crippen molar-refractivity contribution in [1.82, 2.24) is 19.8 Å². The van der Waals surface area contributed by atoms with Crippen molar-refractivity contribution in [3.05, 3.63) is 0 Å². The molecule has 0 aliphatic carbocycles. The van der Waals surface area contributed by atoms with Crippen LogP contribution < -0.4 is 10.6 Å². The van der Waals surface area contributed by atoms with Gasteiger partial charge in [-0.3, -0.25) is 4.99 Å². The van der Waals surface area contributed by atoms with Crippen molar-refractivity contribution in [3.8, 4) is 0 Å². The molecule has 1 aliphatic heterocycles. The molecule has 1 fully saturated rings. The Morgan fingerprint density at radius 2 is 1.88 bits per heavy atom. The van der Waals surface area contributed by atoms with E-state index in [1.165, 1.54) is 0 Å². The average molecular weight is 387 g/mol. The zero-order chi connectivity index (χ0) is 19.1. The Morgan fingerprint density at radius 3 is 2.36 bits per heavy atom. The first-order valence-electron chi connectivity index (χ1n) is 8.31. The molecule has 0 aromatic heterocycles. The van der Waals surface area contributed by atoms with Crippen molar-refractivity contribution in [3.63, 3.8) is 0 Å². The Hall–Kier alpha value is -1.07. The summed E-state index contributed by atoms with van der Waals surface area (Å²) in [5, 5.41) is 6.31. The SMILES string of the molecule is CCN(C)CCNC(=NC)NCC1CCN(S(=O)(=O)C(F)(F)F)CC1. The topological polar surface area (TPSA) is 77.0 Å². The number of nitrogens with zero attached hydrogens (tertiary/aromatic N) is 3. The second-order valence-corrected chi connectivity index (χ2v) is 8.00. The maximum atomic E-state index is 12.5. The van der Waals surface area contributed by atoms with E-state index in [1.54, 1.807) is 7.05 Å². The first kappa shape index (κ1) is 22.0. The summed E-state index contributed by atoms with van der Waals surface area (Å²) in [5.41, 5.74) is -5.23. The molecule has 1 heterocycles. The summed E-state index contributed by atoms with van der Waals surface area (Å²) in [7, 11) is -1.54. The van der Waals surface area contributed by atoms with Crippen LogP contribution in [-0.2, 0) is 10.0 Å². The highest BCUT2D eigenvalue weighted by Gasteiger charge is 2.50. The first-order chi connectivity index (χ1) is 11.6. The van der Waals surface area contributed by atoms with E-state index in [4.69, 9.17) is 0 Å². The largest absolute Gasteiger partial charge is 0.511 e. The Kier molecular flexibility index (Phi) is 8.42. The standard InChI is InChI=1S/C14H28F3N5O2S/c1-4-21(3)10-7-19-13(18-2)20-11-12-5-8-22(9-6-12)25(23,24)14(15,16)17/h12H,4-11H2,1-3H3,(H2,18,19,20). The number of piperidine rings is 1. The lowest BCUT2D eigenvalue weighted by atomic mass is 9.98. The highest BCUT2D eigenvalue weighted by molar-refractivity contribution is 7.90. The van der Waals surface area contributed by atoms with E-state index in [-0.39, 0.29) is 19.0 Å². The molecule has 0 aromatic rings. The number of aliphatic imine (C=N–C) groups is 1. The molecule has 1 rings (SSSR count). The highest BCUT2D eigenvalue weighted by Crippen LogP contribution is 2.30. The fraction of sp³-hybridized carbons (Fsp3) is 0.929. The average Bonchev–Trinajstić information content (AvgIpc) is 2.57. The van der Waals surface area contributed by atoms with Crippen LogP contribution >= 0.6 is 0 Å². The molecule has 0 radical (unpaired) electrons. The normalized spacial score (nSPS) is 18.6. The van der Waals surface area contributed by atoms with Crippen LogP contribution in [0, 0.1) is 5.92 Å². The van der Waals surface area contributed by atoms with Crippen LogP contribution in [0.1, 0.15) is 19.8 Å². The number of sulfonamides is 1. The molecule has 1 aliphatic rings. The van der Waals surface area contributed by atoms with Gasteiger partial charge in [-0.15, -0.1) is 0 Å². The van der Waals surface area contributed by atoms with Gasteiger partial charge in [0, 0.05) is 39.8 Å². The van der Waals surface area contributed by atoms with Gasteiger partial charge in [0.05, 0.1) is 0 Å². The van der Waals surface area contributed by atoms with E-state index in [0.717, 1.165) is 19.6 Å². The van der Waals surface area contributed by atoms with Crippen LogP contribution in [0.5, 0.6) is 0 Å². The molecule has 0 unspecified atom stereocenters. The summed E-state index contributed by atoms with van der Waals surface area (Å²) < 4.78 is 60.9. The number of likely N-dealkylation sites (N-methyl/N-ethyl adjacent to an activating group) is 1. The fourth-order valence-corrected chi connectivity index (χ4v) is 3.47. The van der Waals surface area contributed by atoms with Gasteiger partial charge in [-0.2, -0.15) is 17.5 Å². The predicted molar refractivity (Wildman–Crippen MR) is 91.8 cm³/mol. The number of hydrogen-bond acceptors (Lipinski definition) is 4. The van der Waals surface area contributed by atoms with Gasteiger partial charge in [-0.1, -0.05) is 6.92 Å². The molecule has 0 atom stereocenters. The van der Waals surface area contributed by atoms with Crippen LogP contribution in [0.4, 0.5) is 13.2 Å². The monoisotopic (exact) mass is 387 g/mol. The zero-order valence-corrected chi connectivity index (χ0v) is 15.8. The van der Waals surface area contributed by atoms with Crippen LogP contribution in [0.3, 0.4) is 0 Å². The minimum atomic E-state index is -5.23. The number of halogens is 3. The van der Waals surface area contributed by atoms with Crippen LogP contribution in [0.25, 0.3) is 0 Å². The number of alkyl halides is 3. The Balaban J connectivity index is 2.36. The third-order valence-corrected chi connectivity index (χ3v) is 5.94. The van der Waals surface area contributed by atoms with Gasteiger partial charge >= 0.3 is 15.5 Å². The van der Waals surface area contributed by atoms with E-state index in [1.807, 2.05) is 7.05 Å². The summed E-state index contributed by atoms with van der Waals surface area (Å²) in [6, 6.07) is 0. The number of guanidine groups is 1. The molecule has 148 valence electrons. The molecule has 0 amide bonds. The highest BCUT2D eigenvalue weighted by atomic mass is 32.2. The van der Waals surface area contributed by atoms with Crippen molar-refractivity contribution in [2.45, 2.75) is 25.3 Å². The van der Waals surface area contributed by atoms with E-state index >= 15 is 0 Å². The van der Waals surface area contributed by atoms with Crippen molar-refractivity contribution >= 4 is 16.0 Å². The number of hydrogen-bond donors (Lipinski definition) is 2. The van der Waals surface area contributed by atoms with Gasteiger partial charge in [0.25, 0.3) is 0 Å². The molecule has 25 heavy (non-hydrogen) atoms. The van der Waals surface area contributed by atoms with Crippen molar-refractivity contribution < 1.29 is 21.6 Å². The summed E-state index contributed by atoms with van der Waals surface area (Å²) in [6.07, 6.45) is 0.774. The van der Waals surface area contributed by atoms with Gasteiger partial charge in [-0.05, 0) is 32.4 Å². The quantitative estimate of drug-likeness (QED) is 0.496. The lowest BCUT2D eigenvalue weighted by Crippen LogP contribution is -2.47. The third-order valence-electron chi connectivity index (χ3n) is 4.31. The molecular weight excluding hydrogens is 359 g/mol. The second-order valence-electron chi connectivity index (χ2n) is 6.07. The maximum absolute atomic E-state index is 12.5. The van der Waals surface area contributed by atoms with Gasteiger partial charge in [0.1, 0.15) is 0 Å². The van der Waals surface area contributed by atoms with Crippen LogP contribution in [0.15, 0.2) is 4.99 Å². The van der Waals surface area contributed by atoms with Crippen molar-refractivity contribution in [1.29, 1.82) is 0 Å². The Bertz CT molecular complexity index is 531. The predicted octanol–water partition coefficient (Wildman–Crippen LogP) is 0.665. The minimum Gasteiger partial charge on any atom is -0.356 e. The Labute approximate surface area is 147 Å². The van der Waals surface area contributed by atoms with E-state index in [0.29, 0.717) is 29.7 Å². The first-order valence-corrected chi connectivity index (χ1v) is 9.75. The summed E-state index contributed by atoms with van der Waals surface area (Å²) in [5.74, 6) is 0.742. The maximum Gasteiger partial charge on any atom is 0.511 e. The van der Waals surface area contributed by atoms with Gasteiger partial charge in [0.2, 0.25) is 0 Å². The molecule has 1 saturated heterocycles. The van der Waals surface area contributed by atoms with E-state index < -0.39 is 15.5 Å². The van der Waals surface area contributed by atoms with Crippen LogP contribution in [-0.4, -0.2) is 82.5 Å². The summed E-state index contributed by atoms with van der Waals surface area (Å²) in [4.78, 5) is 6.25. The molecule has 11 heteroatoms. The summed E-state index contributed by atoms with van der Waals surface area (Å²) in [6.45, 7) is 4.94. The van der Waals surface area contributed by atoms with Gasteiger partial charge in [-0.25, -0.2) is 8.42 Å². The molecule has 7 nitrogen and oxygen atoms in total. The smallest absolute Gasteiger partial charge is 0.356 e. The lowest BCUT2D eigenvalue weighted by molar-refractivity contribution is -0.0496. The molecule has 0 bridgehead atoms. The zero-order valence-electron chi connectivity index (χ0n) is 14.9. The molecule has 0 saturated carbocycles. The molecule has 0 aromatic carbocycles. The Morgan fingerprint density at radius 1 is 1.28 bits per heavy atom. The summed E-state index contributed by atoms with van der Waals surface area (Å²) >= 11 is 0. The minimum absolute atomic E-state index is 0.108. The fourth-order valence-electron chi connectivity index (χ4n) is 2.49. The van der Waals surface area contributed by atoms with E-state index in [2.05, 4.69) is 27.4 Å². The van der Waals surface area contributed by atoms with Crippen molar-refractivity contribution in [2.75, 3.05) is 53.4 Å². The number of rotatable bonds is 7. The molecule has 0 spiro atoms. The van der Waals surface area contributed by atoms with Gasteiger partial charge in [0.15, 0.2) is 5.96 Å². The lowest BCUT2D eigenvalue weighted by Gasteiger charge is -2.31.